The van der Waals surface area contributed by atoms with Gasteiger partial charge in [0.05, 0.1) is 11.3 Å². The summed E-state index contributed by atoms with van der Waals surface area (Å²) in [6.45, 7) is 1.41. The second kappa shape index (κ2) is 7.80. The molecule has 2 aromatic carbocycles. The number of carbonyl (C=O) groups is 1. The van der Waals surface area contributed by atoms with Gasteiger partial charge in [0.25, 0.3) is 5.91 Å². The lowest BCUT2D eigenvalue weighted by molar-refractivity contribution is 0.0929. The zero-order chi connectivity index (χ0) is 19.5. The number of piperidine rings is 1. The highest BCUT2D eigenvalue weighted by Gasteiger charge is 2.24. The van der Waals surface area contributed by atoms with Crippen molar-refractivity contribution in [3.8, 4) is 11.3 Å². The molecule has 1 saturated heterocycles. The molecule has 1 amide bonds. The molecule has 0 radical (unpaired) electrons. The molecule has 0 aliphatic carbocycles. The van der Waals surface area contributed by atoms with E-state index in [1.54, 1.807) is 24.3 Å². The van der Waals surface area contributed by atoms with Crippen molar-refractivity contribution in [3.63, 3.8) is 0 Å². The number of aromatic amines is 1. The highest BCUT2D eigenvalue weighted by molar-refractivity contribution is 5.94. The van der Waals surface area contributed by atoms with E-state index in [1.807, 2.05) is 6.07 Å². The predicted octanol–water partition coefficient (Wildman–Crippen LogP) is 3.75. The molecule has 7 heteroatoms. The van der Waals surface area contributed by atoms with Crippen molar-refractivity contribution in [2.45, 2.75) is 18.9 Å². The summed E-state index contributed by atoms with van der Waals surface area (Å²) >= 11 is 0. The maximum atomic E-state index is 13.8. The molecule has 1 aliphatic heterocycles. The standard InChI is InChI=1S/C21H20F2N4O/c22-15-9-7-14(8-10-15)19-12-20(26-25-19)27-11-3-4-16(13-27)24-21(28)17-5-1-2-6-18(17)23/h1-2,5-10,12,16H,3-4,11,13H2,(H,24,28)(H,25,26)/t16-/m1/s1. The van der Waals surface area contributed by atoms with Crippen LogP contribution in [0.3, 0.4) is 0 Å². The van der Waals surface area contributed by atoms with Gasteiger partial charge in [0.15, 0.2) is 5.82 Å². The van der Waals surface area contributed by atoms with Gasteiger partial charge in [-0.3, -0.25) is 9.89 Å². The molecule has 0 bridgehead atoms. The summed E-state index contributed by atoms with van der Waals surface area (Å²) in [5.41, 5.74) is 1.70. The number of benzene rings is 2. The van der Waals surface area contributed by atoms with Crippen LogP contribution in [0.5, 0.6) is 0 Å². The lowest BCUT2D eigenvalue weighted by atomic mass is 10.0. The van der Waals surface area contributed by atoms with E-state index in [0.29, 0.717) is 6.54 Å². The predicted molar refractivity (Wildman–Crippen MR) is 103 cm³/mol. The summed E-state index contributed by atoms with van der Waals surface area (Å²) in [5.74, 6) is -0.444. The molecule has 1 aliphatic rings. The first-order valence-electron chi connectivity index (χ1n) is 9.22. The number of carbonyl (C=O) groups excluding carboxylic acids is 1. The quantitative estimate of drug-likeness (QED) is 0.722. The molecular formula is C21H20F2N4O. The summed E-state index contributed by atoms with van der Waals surface area (Å²) in [6, 6.07) is 14.0. The van der Waals surface area contributed by atoms with E-state index >= 15 is 0 Å². The smallest absolute Gasteiger partial charge is 0.254 e. The van der Waals surface area contributed by atoms with E-state index in [4.69, 9.17) is 0 Å². The molecule has 28 heavy (non-hydrogen) atoms. The van der Waals surface area contributed by atoms with Crippen LogP contribution < -0.4 is 10.2 Å². The van der Waals surface area contributed by atoms with Crippen molar-refractivity contribution in [2.75, 3.05) is 18.0 Å². The fraction of sp³-hybridized carbons (Fsp3) is 0.238. The molecule has 4 rings (SSSR count). The lowest BCUT2D eigenvalue weighted by Gasteiger charge is -2.33. The molecule has 1 aromatic heterocycles. The van der Waals surface area contributed by atoms with Crippen molar-refractivity contribution in [1.29, 1.82) is 0 Å². The first kappa shape index (κ1) is 18.2. The zero-order valence-electron chi connectivity index (χ0n) is 15.2. The van der Waals surface area contributed by atoms with Gasteiger partial charge in [0.1, 0.15) is 11.6 Å². The maximum Gasteiger partial charge on any atom is 0.254 e. The van der Waals surface area contributed by atoms with Crippen LogP contribution in [0.15, 0.2) is 54.6 Å². The topological polar surface area (TPSA) is 61.0 Å². The van der Waals surface area contributed by atoms with Gasteiger partial charge in [0.2, 0.25) is 0 Å². The van der Waals surface area contributed by atoms with Crippen molar-refractivity contribution >= 4 is 11.7 Å². The van der Waals surface area contributed by atoms with Crippen molar-refractivity contribution in [3.05, 3.63) is 71.8 Å². The molecule has 0 unspecified atom stereocenters. The van der Waals surface area contributed by atoms with Crippen molar-refractivity contribution in [1.82, 2.24) is 15.5 Å². The lowest BCUT2D eigenvalue weighted by Crippen LogP contribution is -2.48. The Balaban J connectivity index is 1.43. The molecule has 1 fully saturated rings. The number of H-pyrrole nitrogens is 1. The summed E-state index contributed by atoms with van der Waals surface area (Å²) in [7, 11) is 0. The Kier molecular flexibility index (Phi) is 5.06. The van der Waals surface area contributed by atoms with Crippen LogP contribution in [0.25, 0.3) is 11.3 Å². The highest BCUT2D eigenvalue weighted by atomic mass is 19.1. The third kappa shape index (κ3) is 3.88. The normalized spacial score (nSPS) is 16.8. The van der Waals surface area contributed by atoms with Gasteiger partial charge >= 0.3 is 0 Å². The van der Waals surface area contributed by atoms with E-state index in [9.17, 15) is 13.6 Å². The fourth-order valence-corrected chi connectivity index (χ4v) is 3.46. The summed E-state index contributed by atoms with van der Waals surface area (Å²) < 4.78 is 26.9. The minimum absolute atomic E-state index is 0.0537. The van der Waals surface area contributed by atoms with Crippen LogP contribution in [0.4, 0.5) is 14.6 Å². The zero-order valence-corrected chi connectivity index (χ0v) is 15.2. The van der Waals surface area contributed by atoms with Gasteiger partial charge < -0.3 is 10.2 Å². The Morgan fingerprint density at radius 2 is 1.93 bits per heavy atom. The second-order valence-electron chi connectivity index (χ2n) is 6.89. The van der Waals surface area contributed by atoms with Crippen molar-refractivity contribution in [2.24, 2.45) is 0 Å². The minimum Gasteiger partial charge on any atom is -0.353 e. The summed E-state index contributed by atoms with van der Waals surface area (Å²) in [4.78, 5) is 14.5. The molecular weight excluding hydrogens is 362 g/mol. The number of rotatable bonds is 4. The largest absolute Gasteiger partial charge is 0.353 e. The van der Waals surface area contributed by atoms with Crippen molar-refractivity contribution < 1.29 is 13.6 Å². The van der Waals surface area contributed by atoms with E-state index in [0.717, 1.165) is 36.5 Å². The van der Waals surface area contributed by atoms with E-state index in [2.05, 4.69) is 20.4 Å². The third-order valence-electron chi connectivity index (χ3n) is 4.92. The Labute approximate surface area is 161 Å². The molecule has 144 valence electrons. The maximum absolute atomic E-state index is 13.8. The van der Waals surface area contributed by atoms with Gasteiger partial charge in [-0.25, -0.2) is 8.78 Å². The third-order valence-corrected chi connectivity index (χ3v) is 4.92. The Bertz CT molecular complexity index is 971. The molecule has 0 saturated carbocycles. The Hall–Kier alpha value is -3.22. The molecule has 3 aromatic rings. The molecule has 2 N–H and O–H groups in total. The number of halogens is 2. The first-order valence-corrected chi connectivity index (χ1v) is 9.22. The number of aromatic nitrogens is 2. The van der Waals surface area contributed by atoms with Crippen LogP contribution in [0.1, 0.15) is 23.2 Å². The number of amides is 1. The summed E-state index contributed by atoms with van der Waals surface area (Å²) in [5, 5.41) is 10.3. The van der Waals surface area contributed by atoms with Crippen LogP contribution in [0.2, 0.25) is 0 Å². The van der Waals surface area contributed by atoms with Gasteiger partial charge in [-0.1, -0.05) is 12.1 Å². The monoisotopic (exact) mass is 382 g/mol. The number of nitrogens with zero attached hydrogens (tertiary/aromatic N) is 2. The molecule has 1 atom stereocenters. The van der Waals surface area contributed by atoms with Crippen LogP contribution in [0, 0.1) is 11.6 Å². The van der Waals surface area contributed by atoms with Gasteiger partial charge in [-0.2, -0.15) is 5.10 Å². The number of nitrogens with one attached hydrogen (secondary N) is 2. The van der Waals surface area contributed by atoms with E-state index < -0.39 is 11.7 Å². The van der Waals surface area contributed by atoms with Gasteiger partial charge in [-0.05, 0) is 54.8 Å². The molecule has 5 nitrogen and oxygen atoms in total. The SMILES string of the molecule is O=C(N[C@@H]1CCCN(c2cc(-c3ccc(F)cc3)[nH]n2)C1)c1ccccc1F. The Morgan fingerprint density at radius 1 is 1.14 bits per heavy atom. The number of hydrogen-bond acceptors (Lipinski definition) is 3. The minimum atomic E-state index is -0.524. The van der Waals surface area contributed by atoms with Crippen LogP contribution in [-0.2, 0) is 0 Å². The second-order valence-corrected chi connectivity index (χ2v) is 6.89. The average molecular weight is 382 g/mol. The van der Waals surface area contributed by atoms with Crippen LogP contribution >= 0.6 is 0 Å². The van der Waals surface area contributed by atoms with Gasteiger partial charge in [0, 0.05) is 25.2 Å². The van der Waals surface area contributed by atoms with Crippen LogP contribution in [-0.4, -0.2) is 35.2 Å². The first-order chi connectivity index (χ1) is 13.6. The average Bonchev–Trinajstić information content (AvgIpc) is 3.19. The molecule has 0 spiro atoms. The Morgan fingerprint density at radius 3 is 2.71 bits per heavy atom. The number of hydrogen-bond donors (Lipinski definition) is 2. The van der Waals surface area contributed by atoms with E-state index in [1.165, 1.54) is 24.3 Å². The summed E-state index contributed by atoms with van der Waals surface area (Å²) in [6.07, 6.45) is 1.72. The fourth-order valence-electron chi connectivity index (χ4n) is 3.46. The van der Waals surface area contributed by atoms with Gasteiger partial charge in [-0.15, -0.1) is 0 Å². The van der Waals surface area contributed by atoms with E-state index in [-0.39, 0.29) is 17.4 Å². The number of anilines is 1. The highest BCUT2D eigenvalue weighted by Crippen LogP contribution is 2.24. The molecule has 2 heterocycles.